The molecular formula is C14H16FNO3S2. The van der Waals surface area contributed by atoms with E-state index in [1.807, 2.05) is 5.38 Å². The Balaban J connectivity index is 2.19. The lowest BCUT2D eigenvalue weighted by Crippen LogP contribution is -2.38. The van der Waals surface area contributed by atoms with Crippen molar-refractivity contribution in [3.8, 4) is 0 Å². The lowest BCUT2D eigenvalue weighted by molar-refractivity contribution is 0.0632. The fourth-order valence-electron chi connectivity index (χ4n) is 1.90. The number of sulfonamides is 1. The molecule has 21 heavy (non-hydrogen) atoms. The van der Waals surface area contributed by atoms with Gasteiger partial charge in [0, 0.05) is 6.54 Å². The lowest BCUT2D eigenvalue weighted by atomic mass is 10.0. The molecule has 114 valence electrons. The average molecular weight is 329 g/mol. The predicted molar refractivity (Wildman–Crippen MR) is 80.2 cm³/mol. The van der Waals surface area contributed by atoms with Crippen LogP contribution in [0.1, 0.15) is 18.1 Å². The van der Waals surface area contributed by atoms with Crippen LogP contribution in [0.4, 0.5) is 4.39 Å². The second kappa shape index (κ2) is 5.84. The third-order valence-electron chi connectivity index (χ3n) is 3.18. The number of aryl methyl sites for hydroxylation is 1. The van der Waals surface area contributed by atoms with E-state index in [9.17, 15) is 17.9 Å². The fraction of sp³-hybridized carbons (Fsp3) is 0.286. The summed E-state index contributed by atoms with van der Waals surface area (Å²) in [5.74, 6) is -0.489. The summed E-state index contributed by atoms with van der Waals surface area (Å²) in [4.78, 5) is 0.00465. The smallest absolute Gasteiger partial charge is 0.240 e. The van der Waals surface area contributed by atoms with Crippen LogP contribution in [0.25, 0.3) is 0 Å². The predicted octanol–water partition coefficient (Wildman–Crippen LogP) is 2.38. The van der Waals surface area contributed by atoms with Gasteiger partial charge < -0.3 is 5.11 Å². The highest BCUT2D eigenvalue weighted by atomic mass is 32.2. The quantitative estimate of drug-likeness (QED) is 0.885. The minimum Gasteiger partial charge on any atom is -0.384 e. The average Bonchev–Trinajstić information content (AvgIpc) is 2.91. The molecule has 2 rings (SSSR count). The van der Waals surface area contributed by atoms with Crippen LogP contribution in [0.3, 0.4) is 0 Å². The maximum Gasteiger partial charge on any atom is 0.240 e. The van der Waals surface area contributed by atoms with Gasteiger partial charge in [0.1, 0.15) is 11.4 Å². The van der Waals surface area contributed by atoms with Crippen molar-refractivity contribution in [1.82, 2.24) is 4.72 Å². The van der Waals surface area contributed by atoms with Gasteiger partial charge in [0.05, 0.1) is 4.90 Å². The van der Waals surface area contributed by atoms with Crippen LogP contribution in [0, 0.1) is 12.7 Å². The molecule has 0 bridgehead atoms. The normalized spacial score (nSPS) is 14.9. The number of benzene rings is 1. The van der Waals surface area contributed by atoms with Crippen molar-refractivity contribution in [3.05, 3.63) is 52.0 Å². The molecule has 2 N–H and O–H groups in total. The maximum absolute atomic E-state index is 13.0. The topological polar surface area (TPSA) is 66.4 Å². The zero-order chi connectivity index (χ0) is 15.7. The van der Waals surface area contributed by atoms with Crippen molar-refractivity contribution < 1.29 is 17.9 Å². The molecule has 7 heteroatoms. The van der Waals surface area contributed by atoms with Crippen LogP contribution >= 0.6 is 11.3 Å². The zero-order valence-corrected chi connectivity index (χ0v) is 13.3. The van der Waals surface area contributed by atoms with Crippen LogP contribution in [0.2, 0.25) is 0 Å². The van der Waals surface area contributed by atoms with E-state index in [-0.39, 0.29) is 11.4 Å². The van der Waals surface area contributed by atoms with Crippen molar-refractivity contribution in [2.45, 2.75) is 24.3 Å². The molecule has 0 radical (unpaired) electrons. The fourth-order valence-corrected chi connectivity index (χ4v) is 4.04. The summed E-state index contributed by atoms with van der Waals surface area (Å²) in [7, 11) is -3.81. The van der Waals surface area contributed by atoms with Crippen LogP contribution in [0.5, 0.6) is 0 Å². The standard InChI is InChI=1S/C14H16FNO3S2/c1-10-7-12(15)3-4-13(10)21(18,19)16-9-14(2,17)11-5-6-20-8-11/h3-8,16-17H,9H2,1-2H3. The van der Waals surface area contributed by atoms with Crippen molar-refractivity contribution in [2.24, 2.45) is 0 Å². The summed E-state index contributed by atoms with van der Waals surface area (Å²) in [6.45, 7) is 2.90. The molecule has 1 heterocycles. The third-order valence-corrected chi connectivity index (χ3v) is 5.42. The molecule has 4 nitrogen and oxygen atoms in total. The molecule has 0 aliphatic heterocycles. The molecule has 1 atom stereocenters. The van der Waals surface area contributed by atoms with E-state index in [1.54, 1.807) is 11.4 Å². The Morgan fingerprint density at radius 3 is 2.67 bits per heavy atom. The third kappa shape index (κ3) is 3.68. The van der Waals surface area contributed by atoms with Gasteiger partial charge in [-0.25, -0.2) is 17.5 Å². The van der Waals surface area contributed by atoms with Gasteiger partial charge >= 0.3 is 0 Å². The molecule has 1 aromatic carbocycles. The molecule has 0 saturated heterocycles. The maximum atomic E-state index is 13.0. The highest BCUT2D eigenvalue weighted by molar-refractivity contribution is 7.89. The second-order valence-electron chi connectivity index (χ2n) is 5.02. The van der Waals surface area contributed by atoms with E-state index in [1.165, 1.54) is 31.3 Å². The highest BCUT2D eigenvalue weighted by Gasteiger charge is 2.27. The number of hydrogen-bond donors (Lipinski definition) is 2. The van der Waals surface area contributed by atoms with Crippen molar-refractivity contribution in [1.29, 1.82) is 0 Å². The molecule has 0 amide bonds. The number of thiophene rings is 1. The van der Waals surface area contributed by atoms with Crippen molar-refractivity contribution >= 4 is 21.4 Å². The molecule has 0 spiro atoms. The van der Waals surface area contributed by atoms with E-state index in [2.05, 4.69) is 4.72 Å². The molecule has 0 fully saturated rings. The number of aliphatic hydroxyl groups is 1. The summed E-state index contributed by atoms with van der Waals surface area (Å²) in [5, 5.41) is 13.9. The van der Waals surface area contributed by atoms with Gasteiger partial charge in [0.25, 0.3) is 0 Å². The molecule has 1 aromatic heterocycles. The molecule has 0 aliphatic rings. The Morgan fingerprint density at radius 1 is 1.38 bits per heavy atom. The van der Waals surface area contributed by atoms with Crippen LogP contribution in [-0.2, 0) is 15.6 Å². The van der Waals surface area contributed by atoms with Gasteiger partial charge in [0.15, 0.2) is 0 Å². The second-order valence-corrected chi connectivity index (χ2v) is 7.54. The first-order valence-corrected chi connectivity index (χ1v) is 8.66. The number of hydrogen-bond acceptors (Lipinski definition) is 4. The van der Waals surface area contributed by atoms with E-state index < -0.39 is 21.4 Å². The molecule has 2 aromatic rings. The SMILES string of the molecule is Cc1cc(F)ccc1S(=O)(=O)NCC(C)(O)c1ccsc1. The summed E-state index contributed by atoms with van der Waals surface area (Å²) in [6.07, 6.45) is 0. The Bertz CT molecular complexity index is 725. The number of nitrogens with one attached hydrogen (secondary N) is 1. The minimum absolute atomic E-state index is 0.00465. The summed E-state index contributed by atoms with van der Waals surface area (Å²) in [6, 6.07) is 5.21. The Kier molecular flexibility index (Phi) is 4.48. The van der Waals surface area contributed by atoms with Gasteiger partial charge in [-0.2, -0.15) is 11.3 Å². The van der Waals surface area contributed by atoms with Crippen molar-refractivity contribution in [2.75, 3.05) is 6.54 Å². The first-order chi connectivity index (χ1) is 9.72. The van der Waals surface area contributed by atoms with Gasteiger partial charge in [-0.3, -0.25) is 0 Å². The molecule has 0 saturated carbocycles. The van der Waals surface area contributed by atoms with Gasteiger partial charge in [-0.15, -0.1) is 0 Å². The van der Waals surface area contributed by atoms with E-state index in [0.717, 1.165) is 12.1 Å². The highest BCUT2D eigenvalue weighted by Crippen LogP contribution is 2.23. The Hall–Kier alpha value is -1.28. The molecule has 1 unspecified atom stereocenters. The number of halogens is 1. The first-order valence-electron chi connectivity index (χ1n) is 6.23. The van der Waals surface area contributed by atoms with E-state index >= 15 is 0 Å². The largest absolute Gasteiger partial charge is 0.384 e. The Labute approximate surface area is 127 Å². The summed E-state index contributed by atoms with van der Waals surface area (Å²) >= 11 is 1.42. The van der Waals surface area contributed by atoms with Crippen LogP contribution in [0.15, 0.2) is 39.9 Å². The van der Waals surface area contributed by atoms with Gasteiger partial charge in [-0.1, -0.05) is 0 Å². The van der Waals surface area contributed by atoms with Crippen LogP contribution in [-0.4, -0.2) is 20.1 Å². The van der Waals surface area contributed by atoms with E-state index in [0.29, 0.717) is 11.1 Å². The van der Waals surface area contributed by atoms with Crippen LogP contribution < -0.4 is 4.72 Å². The molecular weight excluding hydrogens is 313 g/mol. The lowest BCUT2D eigenvalue weighted by Gasteiger charge is -2.23. The number of rotatable bonds is 5. The Morgan fingerprint density at radius 2 is 2.10 bits per heavy atom. The summed E-state index contributed by atoms with van der Waals surface area (Å²) < 4.78 is 39.9. The zero-order valence-electron chi connectivity index (χ0n) is 11.6. The molecule has 0 aliphatic carbocycles. The summed E-state index contributed by atoms with van der Waals surface area (Å²) in [5.41, 5.74) is -0.343. The van der Waals surface area contributed by atoms with Gasteiger partial charge in [-0.05, 0) is 60.0 Å². The van der Waals surface area contributed by atoms with Crippen molar-refractivity contribution in [3.63, 3.8) is 0 Å². The monoisotopic (exact) mass is 329 g/mol. The first kappa shape index (κ1) is 16.1. The van der Waals surface area contributed by atoms with Gasteiger partial charge in [0.2, 0.25) is 10.0 Å². The van der Waals surface area contributed by atoms with E-state index in [4.69, 9.17) is 0 Å². The minimum atomic E-state index is -3.81.